The van der Waals surface area contributed by atoms with Crippen LogP contribution in [0.5, 0.6) is 0 Å². The van der Waals surface area contributed by atoms with Gasteiger partial charge in [0.05, 0.1) is 18.2 Å². The molecule has 1 aliphatic carbocycles. The van der Waals surface area contributed by atoms with Crippen molar-refractivity contribution in [2.24, 2.45) is 17.3 Å². The Kier molecular flexibility index (Phi) is 10.8. The summed E-state index contributed by atoms with van der Waals surface area (Å²) in [6.07, 6.45) is 8.54. The molecule has 5 rings (SSSR count). The molecule has 4 atom stereocenters. The van der Waals surface area contributed by atoms with Gasteiger partial charge in [-0.25, -0.2) is 9.78 Å². The van der Waals surface area contributed by atoms with Crippen molar-refractivity contribution < 1.29 is 29.1 Å². The number of aromatic nitrogens is 2. The maximum atomic E-state index is 14.2. The highest BCUT2D eigenvalue weighted by Crippen LogP contribution is 2.30. The number of rotatable bonds is 9. The van der Waals surface area contributed by atoms with Gasteiger partial charge < -0.3 is 30.9 Å². The van der Waals surface area contributed by atoms with E-state index in [0.29, 0.717) is 5.69 Å². The van der Waals surface area contributed by atoms with E-state index < -0.39 is 59.2 Å². The predicted molar refractivity (Wildman–Crippen MR) is 183 cm³/mol. The quantitative estimate of drug-likeness (QED) is 0.265. The first-order chi connectivity index (χ1) is 23.3. The van der Waals surface area contributed by atoms with Crippen molar-refractivity contribution >= 4 is 46.2 Å². The fourth-order valence-electron chi connectivity index (χ4n) is 6.80. The number of benzene rings is 2. The van der Waals surface area contributed by atoms with E-state index in [2.05, 4.69) is 25.9 Å². The minimum absolute atomic E-state index is 0.0116. The number of nitrogens with zero attached hydrogens (tertiary/aromatic N) is 4. The maximum Gasteiger partial charge on any atom is 0.321 e. The molecular formula is C36H45N7O6. The van der Waals surface area contributed by atoms with Crippen molar-refractivity contribution in [2.45, 2.75) is 71.0 Å². The van der Waals surface area contributed by atoms with Gasteiger partial charge in [-0.05, 0) is 47.1 Å². The van der Waals surface area contributed by atoms with Crippen molar-refractivity contribution in [3.8, 4) is 0 Å². The summed E-state index contributed by atoms with van der Waals surface area (Å²) in [6, 6.07) is 9.97. The molecule has 2 fully saturated rings. The third-order valence-corrected chi connectivity index (χ3v) is 9.62. The van der Waals surface area contributed by atoms with Crippen LogP contribution in [0.1, 0.15) is 63.4 Å². The number of anilines is 1. The normalized spacial score (nSPS) is 19.5. The number of urea groups is 1. The lowest BCUT2D eigenvalue weighted by atomic mass is 9.82. The van der Waals surface area contributed by atoms with Gasteiger partial charge in [0.1, 0.15) is 17.8 Å². The Morgan fingerprint density at radius 2 is 1.65 bits per heavy atom. The number of amides is 5. The van der Waals surface area contributed by atoms with Gasteiger partial charge in [0.2, 0.25) is 11.8 Å². The SMILES string of the molecule is CN(C(=O)C(NC(=O)C(NC(=O)c1cnccn1)C1CCCCC1)C(C)(C)C)[C@H]1CN(C(=O)Nc2ccc3ccccc3c2)C[C@H]1C(=O)O. The van der Waals surface area contributed by atoms with Gasteiger partial charge in [-0.1, -0.05) is 70.4 Å². The number of hydrogen-bond donors (Lipinski definition) is 4. The van der Waals surface area contributed by atoms with Crippen LogP contribution in [0.25, 0.3) is 10.8 Å². The molecule has 13 nitrogen and oxygen atoms in total. The topological polar surface area (TPSA) is 174 Å². The lowest BCUT2D eigenvalue weighted by Gasteiger charge is -2.38. The van der Waals surface area contributed by atoms with Crippen molar-refractivity contribution in [1.82, 2.24) is 30.4 Å². The first-order valence-electron chi connectivity index (χ1n) is 16.7. The van der Waals surface area contributed by atoms with E-state index in [0.717, 1.165) is 42.9 Å². The van der Waals surface area contributed by atoms with Crippen LogP contribution in [0, 0.1) is 17.3 Å². The number of carbonyl (C=O) groups excluding carboxylic acids is 4. The van der Waals surface area contributed by atoms with Gasteiger partial charge in [0, 0.05) is 38.2 Å². The molecule has 49 heavy (non-hydrogen) atoms. The standard InChI is InChI=1S/C36H45N7O6/c1-36(2,3)30(41-32(45)29(23-11-6-5-7-12-23)40-31(44)27-19-37-16-17-38-27)33(46)42(4)28-21-43(20-26(28)34(47)48)35(49)39-25-15-14-22-10-8-9-13-24(22)18-25/h8-10,13-19,23,26,28-30H,5-7,11-12,20-21H2,1-4H3,(H,39,49)(H,40,44)(H,41,45)(H,47,48)/t26-,28+,29?,30?/m1/s1. The van der Waals surface area contributed by atoms with Gasteiger partial charge >= 0.3 is 12.0 Å². The predicted octanol–water partition coefficient (Wildman–Crippen LogP) is 3.91. The first-order valence-corrected chi connectivity index (χ1v) is 16.7. The minimum atomic E-state index is -1.13. The van der Waals surface area contributed by atoms with Gasteiger partial charge in [0.25, 0.3) is 5.91 Å². The minimum Gasteiger partial charge on any atom is -0.481 e. The van der Waals surface area contributed by atoms with Crippen molar-refractivity contribution in [3.63, 3.8) is 0 Å². The molecule has 1 aliphatic heterocycles. The van der Waals surface area contributed by atoms with Crippen LogP contribution in [-0.4, -0.2) is 92.9 Å². The summed E-state index contributed by atoms with van der Waals surface area (Å²) in [6.45, 7) is 5.32. The highest BCUT2D eigenvalue weighted by atomic mass is 16.4. The number of carboxylic acid groups (broad SMARTS) is 1. The third-order valence-electron chi connectivity index (χ3n) is 9.62. The molecule has 4 N–H and O–H groups in total. The van der Waals surface area contributed by atoms with Crippen molar-refractivity contribution in [1.29, 1.82) is 0 Å². The Morgan fingerprint density at radius 1 is 0.939 bits per heavy atom. The molecule has 5 amide bonds. The lowest BCUT2D eigenvalue weighted by Crippen LogP contribution is -2.61. The molecule has 260 valence electrons. The van der Waals surface area contributed by atoms with Crippen molar-refractivity contribution in [2.75, 3.05) is 25.5 Å². The molecule has 1 saturated carbocycles. The molecule has 13 heteroatoms. The number of carboxylic acids is 1. The van der Waals surface area contributed by atoms with Crippen LogP contribution >= 0.6 is 0 Å². The van der Waals surface area contributed by atoms with Crippen LogP contribution in [0.2, 0.25) is 0 Å². The molecular weight excluding hydrogens is 626 g/mol. The molecule has 2 aromatic carbocycles. The van der Waals surface area contributed by atoms with E-state index in [1.807, 2.05) is 57.2 Å². The van der Waals surface area contributed by atoms with E-state index in [-0.39, 0.29) is 24.7 Å². The van der Waals surface area contributed by atoms with E-state index in [1.54, 1.807) is 6.07 Å². The summed E-state index contributed by atoms with van der Waals surface area (Å²) >= 11 is 0. The smallest absolute Gasteiger partial charge is 0.321 e. The van der Waals surface area contributed by atoms with Gasteiger partial charge in [-0.15, -0.1) is 0 Å². The number of hydrogen-bond acceptors (Lipinski definition) is 7. The first kappa shape index (κ1) is 35.2. The number of fused-ring (bicyclic) bond motifs is 1. The zero-order valence-electron chi connectivity index (χ0n) is 28.4. The summed E-state index contributed by atoms with van der Waals surface area (Å²) in [5.74, 6) is -3.84. The molecule has 2 heterocycles. The summed E-state index contributed by atoms with van der Waals surface area (Å²) in [5.41, 5.74) is -0.135. The Labute approximate surface area is 285 Å². The van der Waals surface area contributed by atoms with E-state index in [4.69, 9.17) is 0 Å². The Hall–Kier alpha value is -5.07. The van der Waals surface area contributed by atoms with Crippen molar-refractivity contribution in [3.05, 3.63) is 66.7 Å². The average molecular weight is 672 g/mol. The summed E-state index contributed by atoms with van der Waals surface area (Å²) in [4.78, 5) is 77.8. The van der Waals surface area contributed by atoms with Crippen LogP contribution in [0.3, 0.4) is 0 Å². The second kappa shape index (κ2) is 15.0. The Morgan fingerprint density at radius 3 is 2.31 bits per heavy atom. The van der Waals surface area contributed by atoms with E-state index in [9.17, 15) is 29.1 Å². The molecule has 2 aliphatic rings. The highest BCUT2D eigenvalue weighted by molar-refractivity contribution is 5.98. The van der Waals surface area contributed by atoms with Crippen LogP contribution < -0.4 is 16.0 Å². The second-order valence-electron chi connectivity index (χ2n) is 14.1. The van der Waals surface area contributed by atoms with Gasteiger partial charge in [-0.3, -0.25) is 24.2 Å². The summed E-state index contributed by atoms with van der Waals surface area (Å²) in [7, 11) is 1.51. The number of likely N-dealkylation sites (N-methyl/N-ethyl adjacent to an activating group) is 1. The lowest BCUT2D eigenvalue weighted by molar-refractivity contribution is -0.146. The van der Waals surface area contributed by atoms with E-state index >= 15 is 0 Å². The number of nitrogens with one attached hydrogen (secondary N) is 3. The average Bonchev–Trinajstić information content (AvgIpc) is 3.55. The Balaban J connectivity index is 1.31. The molecule has 1 aromatic heterocycles. The largest absolute Gasteiger partial charge is 0.481 e. The van der Waals surface area contributed by atoms with Crippen LogP contribution in [0.15, 0.2) is 61.1 Å². The summed E-state index contributed by atoms with van der Waals surface area (Å²) < 4.78 is 0. The molecule has 0 radical (unpaired) electrons. The number of aliphatic carboxylic acids is 1. The zero-order chi connectivity index (χ0) is 35.3. The summed E-state index contributed by atoms with van der Waals surface area (Å²) in [5, 5.41) is 20.7. The number of likely N-dealkylation sites (tertiary alicyclic amines) is 1. The zero-order valence-corrected chi connectivity index (χ0v) is 28.4. The molecule has 0 bridgehead atoms. The maximum absolute atomic E-state index is 14.2. The molecule has 1 saturated heterocycles. The Bertz CT molecular complexity index is 1690. The second-order valence-corrected chi connectivity index (χ2v) is 14.1. The fourth-order valence-corrected chi connectivity index (χ4v) is 6.80. The highest BCUT2D eigenvalue weighted by Gasteiger charge is 2.46. The van der Waals surface area contributed by atoms with Crippen LogP contribution in [0.4, 0.5) is 10.5 Å². The fraction of sp³-hybridized carbons (Fsp3) is 0.472. The number of carbonyl (C=O) groups is 5. The van der Waals surface area contributed by atoms with Gasteiger partial charge in [-0.2, -0.15) is 0 Å². The molecule has 2 unspecified atom stereocenters. The van der Waals surface area contributed by atoms with Gasteiger partial charge in [0.15, 0.2) is 0 Å². The third kappa shape index (κ3) is 8.33. The van der Waals surface area contributed by atoms with E-state index in [1.165, 1.54) is 35.4 Å². The molecule has 3 aromatic rings. The molecule has 0 spiro atoms. The van der Waals surface area contributed by atoms with Crippen LogP contribution in [-0.2, 0) is 14.4 Å². The monoisotopic (exact) mass is 671 g/mol.